The molecule has 1 aromatic carbocycles. The number of rotatable bonds is 2. The Labute approximate surface area is 190 Å². The van der Waals surface area contributed by atoms with Gasteiger partial charge in [0.25, 0.3) is 0 Å². The molecule has 6 atom stereocenters. The highest BCUT2D eigenvalue weighted by Crippen LogP contribution is 2.66. The topological polar surface area (TPSA) is 50.4 Å². The number of fused-ring (bicyclic) bond motifs is 5. The van der Waals surface area contributed by atoms with Crippen LogP contribution in [0, 0.1) is 23.2 Å². The summed E-state index contributed by atoms with van der Waals surface area (Å²) < 4.78 is 5.27. The molecule has 3 heteroatoms. The zero-order valence-electron chi connectivity index (χ0n) is 19.0. The molecule has 3 nitrogen and oxygen atoms in total. The van der Waals surface area contributed by atoms with Crippen molar-refractivity contribution in [3.05, 3.63) is 71.7 Å². The number of hydrogen-bond donors (Lipinski definition) is 1. The molecule has 166 valence electrons. The van der Waals surface area contributed by atoms with E-state index in [9.17, 15) is 9.90 Å². The lowest BCUT2D eigenvalue weighted by atomic mass is 9.48. The van der Waals surface area contributed by atoms with Crippen LogP contribution < -0.4 is 0 Å². The predicted octanol–water partition coefficient (Wildman–Crippen LogP) is 6.45. The summed E-state index contributed by atoms with van der Waals surface area (Å²) in [5, 5.41) is 11.4. The number of allylic oxidation sites excluding steroid dienone is 2. The van der Waals surface area contributed by atoms with E-state index < -0.39 is 5.60 Å². The van der Waals surface area contributed by atoms with E-state index in [1.807, 2.05) is 19.1 Å². The quantitative estimate of drug-likeness (QED) is 0.559. The smallest absolute Gasteiger partial charge is 0.155 e. The van der Waals surface area contributed by atoms with Gasteiger partial charge in [0.15, 0.2) is 5.78 Å². The standard InChI is InChI=1S/C29H32O3/c1-28-16-25(19-5-3-18(4-6-19)21-12-14-32-17-21)27-23-10-8-22(30)15-20(23)7-9-24(27)26(28)11-13-29(28,2)31/h3-6,11-12,14-15,17,23-25,27,31H,7-10,13,16H2,1-2H3/t23-,24-,25+,27+,28-,29-/m0/s1. The van der Waals surface area contributed by atoms with E-state index in [0.29, 0.717) is 35.9 Å². The van der Waals surface area contributed by atoms with Crippen molar-refractivity contribution in [2.24, 2.45) is 23.2 Å². The summed E-state index contributed by atoms with van der Waals surface area (Å²) in [7, 11) is 0. The van der Waals surface area contributed by atoms with E-state index in [-0.39, 0.29) is 5.41 Å². The van der Waals surface area contributed by atoms with Crippen LogP contribution in [0.1, 0.15) is 63.9 Å². The number of ketones is 1. The van der Waals surface area contributed by atoms with E-state index in [4.69, 9.17) is 4.42 Å². The molecule has 0 saturated heterocycles. The molecule has 4 aliphatic carbocycles. The van der Waals surface area contributed by atoms with Crippen molar-refractivity contribution in [2.75, 3.05) is 0 Å². The third-order valence-corrected chi connectivity index (χ3v) is 9.43. The van der Waals surface area contributed by atoms with Crippen molar-refractivity contribution >= 4 is 5.78 Å². The van der Waals surface area contributed by atoms with Gasteiger partial charge in [0.05, 0.1) is 18.1 Å². The summed E-state index contributed by atoms with van der Waals surface area (Å²) in [5.41, 5.74) is 5.64. The first kappa shape index (κ1) is 20.2. The number of furan rings is 1. The van der Waals surface area contributed by atoms with Crippen molar-refractivity contribution in [3.8, 4) is 11.1 Å². The van der Waals surface area contributed by atoms with Gasteiger partial charge in [-0.15, -0.1) is 0 Å². The van der Waals surface area contributed by atoms with E-state index in [2.05, 4.69) is 37.3 Å². The van der Waals surface area contributed by atoms with Gasteiger partial charge < -0.3 is 9.52 Å². The molecule has 0 bridgehead atoms. The average Bonchev–Trinajstić information content (AvgIpc) is 3.40. The molecule has 1 aromatic heterocycles. The number of aliphatic hydroxyl groups is 1. The van der Waals surface area contributed by atoms with Crippen LogP contribution in [0.5, 0.6) is 0 Å². The van der Waals surface area contributed by atoms with Gasteiger partial charge in [0.1, 0.15) is 0 Å². The first-order valence-electron chi connectivity index (χ1n) is 12.2. The summed E-state index contributed by atoms with van der Waals surface area (Å²) in [6, 6.07) is 11.0. The van der Waals surface area contributed by atoms with Gasteiger partial charge in [-0.25, -0.2) is 0 Å². The number of carbonyl (C=O) groups is 1. The van der Waals surface area contributed by atoms with Crippen molar-refractivity contribution in [3.63, 3.8) is 0 Å². The minimum Gasteiger partial charge on any atom is -0.472 e. The molecule has 0 unspecified atom stereocenters. The second-order valence-electron chi connectivity index (χ2n) is 11.0. The van der Waals surface area contributed by atoms with Gasteiger partial charge in [0.2, 0.25) is 0 Å². The maximum Gasteiger partial charge on any atom is 0.155 e. The lowest BCUT2D eigenvalue weighted by Gasteiger charge is -2.56. The van der Waals surface area contributed by atoms with Gasteiger partial charge in [-0.1, -0.05) is 48.4 Å². The lowest BCUT2D eigenvalue weighted by Crippen LogP contribution is -2.51. The SMILES string of the molecule is C[C@]1(O)CC=C2[C@@H]3CCC4=CC(=O)CC[C@@H]4[C@H]3[C@@H](c3ccc(-c4ccoc4)cc3)C[C@@]21C. The molecule has 1 heterocycles. The third-order valence-electron chi connectivity index (χ3n) is 9.43. The van der Waals surface area contributed by atoms with E-state index >= 15 is 0 Å². The third kappa shape index (κ3) is 2.86. The molecule has 32 heavy (non-hydrogen) atoms. The minimum atomic E-state index is -0.694. The summed E-state index contributed by atoms with van der Waals surface area (Å²) >= 11 is 0. The summed E-state index contributed by atoms with van der Waals surface area (Å²) in [6.07, 6.45) is 13.3. The molecule has 6 rings (SSSR count). The number of hydrogen-bond acceptors (Lipinski definition) is 3. The summed E-state index contributed by atoms with van der Waals surface area (Å²) in [4.78, 5) is 12.2. The number of carbonyl (C=O) groups excluding carboxylic acids is 1. The second kappa shape index (κ2) is 7.05. The Balaban J connectivity index is 1.43. The fraction of sp³-hybridized carbons (Fsp3) is 0.483. The fourth-order valence-corrected chi connectivity index (χ4v) is 7.52. The Morgan fingerprint density at radius 1 is 0.969 bits per heavy atom. The van der Waals surface area contributed by atoms with Crippen LogP contribution in [-0.2, 0) is 4.79 Å². The normalized spacial score (nSPS) is 38.4. The zero-order valence-corrected chi connectivity index (χ0v) is 19.0. The van der Waals surface area contributed by atoms with Gasteiger partial charge in [-0.05, 0) is 86.0 Å². The molecular formula is C29H32O3. The predicted molar refractivity (Wildman–Crippen MR) is 125 cm³/mol. The Morgan fingerprint density at radius 3 is 2.50 bits per heavy atom. The molecule has 4 aliphatic rings. The second-order valence-corrected chi connectivity index (χ2v) is 11.0. The maximum absolute atomic E-state index is 12.2. The largest absolute Gasteiger partial charge is 0.472 e. The van der Waals surface area contributed by atoms with Crippen molar-refractivity contribution < 1.29 is 14.3 Å². The minimum absolute atomic E-state index is 0.187. The fourth-order valence-electron chi connectivity index (χ4n) is 7.52. The first-order valence-corrected chi connectivity index (χ1v) is 12.2. The summed E-state index contributed by atoms with van der Waals surface area (Å²) in [5.74, 6) is 2.18. The highest BCUT2D eigenvalue weighted by molar-refractivity contribution is 5.91. The van der Waals surface area contributed by atoms with E-state index in [1.165, 1.54) is 22.3 Å². The van der Waals surface area contributed by atoms with Crippen LogP contribution in [0.25, 0.3) is 11.1 Å². The highest BCUT2D eigenvalue weighted by atomic mass is 16.3. The van der Waals surface area contributed by atoms with Crippen molar-refractivity contribution in [1.29, 1.82) is 0 Å². The van der Waals surface area contributed by atoms with Gasteiger partial charge in [0, 0.05) is 17.4 Å². The van der Waals surface area contributed by atoms with Crippen LogP contribution in [0.2, 0.25) is 0 Å². The summed E-state index contributed by atoms with van der Waals surface area (Å²) in [6.45, 7) is 4.33. The van der Waals surface area contributed by atoms with Crippen LogP contribution in [-0.4, -0.2) is 16.5 Å². The van der Waals surface area contributed by atoms with Crippen LogP contribution in [0.15, 0.2) is 70.6 Å². The van der Waals surface area contributed by atoms with Gasteiger partial charge in [-0.3, -0.25) is 4.79 Å². The van der Waals surface area contributed by atoms with Crippen LogP contribution in [0.3, 0.4) is 0 Å². The zero-order chi connectivity index (χ0) is 22.1. The molecule has 2 aromatic rings. The molecule has 2 saturated carbocycles. The lowest BCUT2D eigenvalue weighted by molar-refractivity contribution is -0.115. The van der Waals surface area contributed by atoms with Crippen molar-refractivity contribution in [1.82, 2.24) is 0 Å². The van der Waals surface area contributed by atoms with Crippen molar-refractivity contribution in [2.45, 2.75) is 63.9 Å². The monoisotopic (exact) mass is 428 g/mol. The van der Waals surface area contributed by atoms with Gasteiger partial charge in [-0.2, -0.15) is 0 Å². The Morgan fingerprint density at radius 2 is 1.75 bits per heavy atom. The molecular weight excluding hydrogens is 396 g/mol. The number of benzene rings is 1. The maximum atomic E-state index is 12.2. The Bertz CT molecular complexity index is 1100. The van der Waals surface area contributed by atoms with E-state index in [1.54, 1.807) is 12.5 Å². The first-order chi connectivity index (χ1) is 15.4. The molecule has 0 aliphatic heterocycles. The van der Waals surface area contributed by atoms with Crippen LogP contribution >= 0.6 is 0 Å². The molecule has 0 spiro atoms. The Hall–Kier alpha value is -2.39. The average molecular weight is 429 g/mol. The molecule has 2 fully saturated rings. The molecule has 0 amide bonds. The van der Waals surface area contributed by atoms with Crippen LogP contribution in [0.4, 0.5) is 0 Å². The molecule has 0 radical (unpaired) electrons. The van der Waals surface area contributed by atoms with E-state index in [0.717, 1.165) is 37.7 Å². The highest BCUT2D eigenvalue weighted by Gasteiger charge is 2.59. The Kier molecular flexibility index (Phi) is 4.46. The molecule has 1 N–H and O–H groups in total. The van der Waals surface area contributed by atoms with Gasteiger partial charge >= 0.3 is 0 Å².